The molecule has 1 aliphatic rings. The molecule has 0 aliphatic carbocycles. The average molecular weight is 309 g/mol. The number of aromatic nitrogens is 1. The van der Waals surface area contributed by atoms with Gasteiger partial charge in [0.15, 0.2) is 0 Å². The summed E-state index contributed by atoms with van der Waals surface area (Å²) in [5, 5.41) is 4.00. The van der Waals surface area contributed by atoms with Crippen LogP contribution in [0.2, 0.25) is 0 Å². The molecule has 0 bridgehead atoms. The molecular formula is C15H23N3O2S. The predicted molar refractivity (Wildman–Crippen MR) is 83.3 cm³/mol. The van der Waals surface area contributed by atoms with Crippen molar-refractivity contribution < 1.29 is 9.59 Å². The van der Waals surface area contributed by atoms with Crippen molar-refractivity contribution in [1.29, 1.82) is 0 Å². The van der Waals surface area contributed by atoms with E-state index in [9.17, 15) is 9.59 Å². The Labute approximate surface area is 129 Å². The largest absolute Gasteiger partial charge is 0.354 e. The third-order valence-corrected chi connectivity index (χ3v) is 5.05. The summed E-state index contributed by atoms with van der Waals surface area (Å²) in [5.74, 6) is -0.0454. The number of carbonyl (C=O) groups excluding carboxylic acids is 2. The Morgan fingerprint density at radius 3 is 2.76 bits per heavy atom. The fourth-order valence-corrected chi connectivity index (χ4v) is 3.57. The van der Waals surface area contributed by atoms with Gasteiger partial charge in [-0.3, -0.25) is 9.59 Å². The van der Waals surface area contributed by atoms with Crippen LogP contribution in [0.3, 0.4) is 0 Å². The van der Waals surface area contributed by atoms with E-state index in [-0.39, 0.29) is 17.9 Å². The second kappa shape index (κ2) is 7.02. The SMILES string of the molecule is CC(=O)N1CCCCC1C(=O)NCCc1nc(C)c(C)s1. The van der Waals surface area contributed by atoms with Gasteiger partial charge in [-0.25, -0.2) is 4.98 Å². The molecule has 0 radical (unpaired) electrons. The summed E-state index contributed by atoms with van der Waals surface area (Å²) in [7, 11) is 0. The molecule has 1 N–H and O–H groups in total. The minimum Gasteiger partial charge on any atom is -0.354 e. The minimum atomic E-state index is -0.295. The summed E-state index contributed by atoms with van der Waals surface area (Å²) in [6.07, 6.45) is 3.51. The van der Waals surface area contributed by atoms with Gasteiger partial charge in [0.1, 0.15) is 6.04 Å². The topological polar surface area (TPSA) is 62.3 Å². The molecule has 1 aliphatic heterocycles. The van der Waals surface area contributed by atoms with Crippen LogP contribution in [0.4, 0.5) is 0 Å². The number of likely N-dealkylation sites (tertiary alicyclic amines) is 1. The molecule has 2 amide bonds. The highest BCUT2D eigenvalue weighted by molar-refractivity contribution is 7.11. The number of carbonyl (C=O) groups is 2. The van der Waals surface area contributed by atoms with Gasteiger partial charge in [0.2, 0.25) is 11.8 Å². The zero-order chi connectivity index (χ0) is 15.4. The van der Waals surface area contributed by atoms with Crippen molar-refractivity contribution in [3.8, 4) is 0 Å². The van der Waals surface area contributed by atoms with Crippen LogP contribution in [-0.4, -0.2) is 40.8 Å². The zero-order valence-electron chi connectivity index (χ0n) is 12.9. The number of nitrogens with zero attached hydrogens (tertiary/aromatic N) is 2. The summed E-state index contributed by atoms with van der Waals surface area (Å²) in [5.41, 5.74) is 1.07. The van der Waals surface area contributed by atoms with Gasteiger partial charge in [0.05, 0.1) is 10.7 Å². The van der Waals surface area contributed by atoms with Crippen molar-refractivity contribution in [2.75, 3.05) is 13.1 Å². The average Bonchev–Trinajstić information content (AvgIpc) is 2.77. The maximum absolute atomic E-state index is 12.3. The first-order valence-corrected chi connectivity index (χ1v) is 8.28. The predicted octanol–water partition coefficient (Wildman–Crippen LogP) is 1.82. The molecule has 2 rings (SSSR count). The van der Waals surface area contributed by atoms with Crippen molar-refractivity contribution in [3.63, 3.8) is 0 Å². The highest BCUT2D eigenvalue weighted by Crippen LogP contribution is 2.18. The number of rotatable bonds is 4. The molecule has 1 atom stereocenters. The highest BCUT2D eigenvalue weighted by Gasteiger charge is 2.29. The molecular weight excluding hydrogens is 286 g/mol. The number of piperidine rings is 1. The quantitative estimate of drug-likeness (QED) is 0.923. The number of aryl methyl sites for hydroxylation is 2. The zero-order valence-corrected chi connectivity index (χ0v) is 13.8. The van der Waals surface area contributed by atoms with Crippen molar-refractivity contribution in [2.45, 2.75) is 52.5 Å². The third kappa shape index (κ3) is 4.03. The van der Waals surface area contributed by atoms with Crippen LogP contribution >= 0.6 is 11.3 Å². The number of hydrogen-bond donors (Lipinski definition) is 1. The lowest BCUT2D eigenvalue weighted by Crippen LogP contribution is -2.51. The fraction of sp³-hybridized carbons (Fsp3) is 0.667. The van der Waals surface area contributed by atoms with Crippen molar-refractivity contribution >= 4 is 23.2 Å². The molecule has 1 aromatic heterocycles. The Balaban J connectivity index is 1.84. The van der Waals surface area contributed by atoms with Crippen LogP contribution in [0.15, 0.2) is 0 Å². The summed E-state index contributed by atoms with van der Waals surface area (Å²) >= 11 is 1.68. The van der Waals surface area contributed by atoms with Crippen LogP contribution in [-0.2, 0) is 16.0 Å². The summed E-state index contributed by atoms with van der Waals surface area (Å²) in [4.78, 5) is 31.2. The van der Waals surface area contributed by atoms with E-state index in [2.05, 4.69) is 17.2 Å². The maximum atomic E-state index is 12.3. The Bertz CT molecular complexity index is 507. The first kappa shape index (κ1) is 15.9. The van der Waals surface area contributed by atoms with Gasteiger partial charge in [-0.2, -0.15) is 0 Å². The Hall–Kier alpha value is -1.43. The molecule has 5 nitrogen and oxygen atoms in total. The lowest BCUT2D eigenvalue weighted by Gasteiger charge is -2.33. The standard InChI is InChI=1S/C15H23N3O2S/c1-10-11(2)21-14(17-10)7-8-16-15(20)13-6-4-5-9-18(13)12(3)19/h13H,4-9H2,1-3H3,(H,16,20). The van der Waals surface area contributed by atoms with Crippen LogP contribution in [0.1, 0.15) is 41.8 Å². The summed E-state index contributed by atoms with van der Waals surface area (Å²) < 4.78 is 0. The first-order valence-electron chi connectivity index (χ1n) is 7.47. The Morgan fingerprint density at radius 2 is 2.14 bits per heavy atom. The smallest absolute Gasteiger partial charge is 0.242 e. The molecule has 116 valence electrons. The van der Waals surface area contributed by atoms with E-state index in [4.69, 9.17) is 0 Å². The van der Waals surface area contributed by atoms with Gasteiger partial charge in [0.25, 0.3) is 0 Å². The van der Waals surface area contributed by atoms with E-state index in [1.54, 1.807) is 16.2 Å². The van der Waals surface area contributed by atoms with Gasteiger partial charge in [-0.15, -0.1) is 11.3 Å². The Morgan fingerprint density at radius 1 is 1.38 bits per heavy atom. The van der Waals surface area contributed by atoms with E-state index in [0.29, 0.717) is 13.1 Å². The van der Waals surface area contributed by atoms with Gasteiger partial charge < -0.3 is 10.2 Å². The van der Waals surface area contributed by atoms with E-state index in [1.807, 2.05) is 6.92 Å². The van der Waals surface area contributed by atoms with Gasteiger partial charge in [0, 0.05) is 31.3 Å². The number of hydrogen-bond acceptors (Lipinski definition) is 4. The number of thiazole rings is 1. The van der Waals surface area contributed by atoms with Crippen LogP contribution in [0.5, 0.6) is 0 Å². The normalized spacial score (nSPS) is 18.6. The summed E-state index contributed by atoms with van der Waals surface area (Å²) in [6, 6.07) is -0.295. The third-order valence-electron chi connectivity index (χ3n) is 3.92. The van der Waals surface area contributed by atoms with Gasteiger partial charge in [-0.05, 0) is 33.1 Å². The molecule has 6 heteroatoms. The van der Waals surface area contributed by atoms with E-state index < -0.39 is 0 Å². The van der Waals surface area contributed by atoms with Crippen LogP contribution in [0, 0.1) is 13.8 Å². The number of nitrogens with one attached hydrogen (secondary N) is 1. The minimum absolute atomic E-state index is 0.0129. The molecule has 1 unspecified atom stereocenters. The van der Waals surface area contributed by atoms with Crippen molar-refractivity contribution in [1.82, 2.24) is 15.2 Å². The maximum Gasteiger partial charge on any atom is 0.242 e. The molecule has 0 saturated carbocycles. The first-order chi connectivity index (χ1) is 9.99. The molecule has 2 heterocycles. The molecule has 1 aromatic rings. The monoisotopic (exact) mass is 309 g/mol. The van der Waals surface area contributed by atoms with E-state index >= 15 is 0 Å². The summed E-state index contributed by atoms with van der Waals surface area (Å²) in [6.45, 7) is 6.86. The van der Waals surface area contributed by atoms with Crippen molar-refractivity contribution in [3.05, 3.63) is 15.6 Å². The van der Waals surface area contributed by atoms with E-state index in [1.165, 1.54) is 11.8 Å². The molecule has 0 aromatic carbocycles. The molecule has 1 fully saturated rings. The lowest BCUT2D eigenvalue weighted by atomic mass is 10.0. The van der Waals surface area contributed by atoms with Crippen LogP contribution < -0.4 is 5.32 Å². The van der Waals surface area contributed by atoms with Crippen LogP contribution in [0.25, 0.3) is 0 Å². The van der Waals surface area contributed by atoms with Gasteiger partial charge >= 0.3 is 0 Å². The van der Waals surface area contributed by atoms with E-state index in [0.717, 1.165) is 36.4 Å². The Kier molecular flexibility index (Phi) is 5.33. The number of amides is 2. The molecule has 0 spiro atoms. The highest BCUT2D eigenvalue weighted by atomic mass is 32.1. The second-order valence-electron chi connectivity index (χ2n) is 5.51. The lowest BCUT2D eigenvalue weighted by molar-refractivity contribution is -0.140. The molecule has 1 saturated heterocycles. The van der Waals surface area contributed by atoms with Crippen molar-refractivity contribution in [2.24, 2.45) is 0 Å². The molecule has 21 heavy (non-hydrogen) atoms. The second-order valence-corrected chi connectivity index (χ2v) is 6.80. The van der Waals surface area contributed by atoms with Gasteiger partial charge in [-0.1, -0.05) is 0 Å². The fourth-order valence-electron chi connectivity index (χ4n) is 2.64.